The van der Waals surface area contributed by atoms with Crippen LogP contribution in [0.1, 0.15) is 31.2 Å². The van der Waals surface area contributed by atoms with Crippen molar-refractivity contribution in [2.24, 2.45) is 14.1 Å². The molecular formula is C21H26N4O3. The van der Waals surface area contributed by atoms with Gasteiger partial charge < -0.3 is 14.8 Å². The van der Waals surface area contributed by atoms with Crippen molar-refractivity contribution < 1.29 is 4.79 Å². The molecule has 1 amide bonds. The molecule has 0 aliphatic carbocycles. The van der Waals surface area contributed by atoms with Crippen LogP contribution in [0.2, 0.25) is 0 Å². The van der Waals surface area contributed by atoms with Gasteiger partial charge in [-0.3, -0.25) is 14.2 Å². The molecular weight excluding hydrogens is 356 g/mol. The Bertz CT molecular complexity index is 995. The lowest BCUT2D eigenvalue weighted by Crippen LogP contribution is -2.37. The van der Waals surface area contributed by atoms with Crippen LogP contribution in [0.25, 0.3) is 6.08 Å². The zero-order valence-corrected chi connectivity index (χ0v) is 16.4. The Balaban J connectivity index is 1.78. The van der Waals surface area contributed by atoms with Crippen molar-refractivity contribution >= 4 is 23.4 Å². The lowest BCUT2D eigenvalue weighted by atomic mass is 10.2. The molecule has 1 aliphatic rings. The van der Waals surface area contributed by atoms with Gasteiger partial charge >= 0.3 is 5.69 Å². The Morgan fingerprint density at radius 1 is 1.04 bits per heavy atom. The molecule has 0 spiro atoms. The van der Waals surface area contributed by atoms with E-state index in [-0.39, 0.29) is 11.5 Å². The molecule has 1 fully saturated rings. The van der Waals surface area contributed by atoms with E-state index in [0.717, 1.165) is 41.9 Å². The third-order valence-corrected chi connectivity index (χ3v) is 5.00. The molecule has 0 radical (unpaired) electrons. The van der Waals surface area contributed by atoms with Crippen molar-refractivity contribution in [3.8, 4) is 0 Å². The van der Waals surface area contributed by atoms with Crippen LogP contribution < -0.4 is 21.5 Å². The smallest absolute Gasteiger partial charge is 0.330 e. The minimum Gasteiger partial charge on any atom is -0.370 e. The van der Waals surface area contributed by atoms with Gasteiger partial charge in [0.2, 0.25) is 5.91 Å². The van der Waals surface area contributed by atoms with E-state index in [2.05, 4.69) is 10.2 Å². The quantitative estimate of drug-likeness (QED) is 0.822. The van der Waals surface area contributed by atoms with Gasteiger partial charge in [-0.2, -0.15) is 0 Å². The summed E-state index contributed by atoms with van der Waals surface area (Å²) in [6.07, 6.45) is 8.96. The predicted octanol–water partition coefficient (Wildman–Crippen LogP) is 2.12. The molecule has 0 saturated carbocycles. The number of nitrogens with one attached hydrogen (secondary N) is 1. The first-order valence-electron chi connectivity index (χ1n) is 9.57. The van der Waals surface area contributed by atoms with Crippen LogP contribution >= 0.6 is 0 Å². The SMILES string of the molecule is Cn1cc(/C=C/C(=O)Nc2ccccc2N2CCCCCC2)c(=O)n(C)c1=O. The van der Waals surface area contributed by atoms with Crippen molar-refractivity contribution in [3.05, 3.63) is 62.9 Å². The van der Waals surface area contributed by atoms with Crippen molar-refractivity contribution in [3.63, 3.8) is 0 Å². The van der Waals surface area contributed by atoms with Crippen molar-refractivity contribution in [1.29, 1.82) is 0 Å². The minimum absolute atomic E-state index is 0.278. The van der Waals surface area contributed by atoms with Crippen LogP contribution in [0.15, 0.2) is 46.1 Å². The zero-order valence-electron chi connectivity index (χ0n) is 16.4. The minimum atomic E-state index is -0.433. The van der Waals surface area contributed by atoms with E-state index >= 15 is 0 Å². The average Bonchev–Trinajstić information content (AvgIpc) is 2.98. The van der Waals surface area contributed by atoms with Gasteiger partial charge in [0.15, 0.2) is 0 Å². The summed E-state index contributed by atoms with van der Waals surface area (Å²) in [6, 6.07) is 7.77. The van der Waals surface area contributed by atoms with Crippen LogP contribution in [0.3, 0.4) is 0 Å². The number of rotatable bonds is 4. The highest BCUT2D eigenvalue weighted by Gasteiger charge is 2.14. The van der Waals surface area contributed by atoms with Crippen LogP contribution in [-0.4, -0.2) is 28.1 Å². The van der Waals surface area contributed by atoms with E-state index < -0.39 is 11.2 Å². The Kier molecular flexibility index (Phi) is 6.13. The van der Waals surface area contributed by atoms with E-state index in [1.54, 1.807) is 7.05 Å². The molecule has 0 atom stereocenters. The van der Waals surface area contributed by atoms with Crippen molar-refractivity contribution in [2.45, 2.75) is 25.7 Å². The lowest BCUT2D eigenvalue weighted by Gasteiger charge is -2.25. The molecule has 1 saturated heterocycles. The number of anilines is 2. The summed E-state index contributed by atoms with van der Waals surface area (Å²) in [5, 5.41) is 2.91. The lowest BCUT2D eigenvalue weighted by molar-refractivity contribution is -0.111. The fourth-order valence-electron chi connectivity index (χ4n) is 3.46. The summed E-state index contributed by atoms with van der Waals surface area (Å²) in [4.78, 5) is 38.7. The Morgan fingerprint density at radius 2 is 1.71 bits per heavy atom. The van der Waals surface area contributed by atoms with Gasteiger partial charge in [-0.25, -0.2) is 4.79 Å². The molecule has 28 heavy (non-hydrogen) atoms. The maximum Gasteiger partial charge on any atom is 0.330 e. The zero-order chi connectivity index (χ0) is 20.1. The van der Waals surface area contributed by atoms with Gasteiger partial charge in [0.05, 0.1) is 16.9 Å². The average molecular weight is 382 g/mol. The van der Waals surface area contributed by atoms with Gasteiger partial charge in [0.1, 0.15) is 0 Å². The predicted molar refractivity (Wildman–Crippen MR) is 112 cm³/mol. The first kappa shape index (κ1) is 19.7. The van der Waals surface area contributed by atoms with E-state index in [9.17, 15) is 14.4 Å². The topological polar surface area (TPSA) is 76.3 Å². The van der Waals surface area contributed by atoms with Crippen LogP contribution in [0.5, 0.6) is 0 Å². The van der Waals surface area contributed by atoms with Crippen LogP contribution in [-0.2, 0) is 18.9 Å². The van der Waals surface area contributed by atoms with E-state index in [4.69, 9.17) is 0 Å². The Labute approximate surface area is 163 Å². The number of hydrogen-bond donors (Lipinski definition) is 1. The first-order valence-corrected chi connectivity index (χ1v) is 9.57. The number of para-hydroxylation sites is 2. The number of aryl methyl sites for hydroxylation is 1. The molecule has 3 rings (SSSR count). The van der Waals surface area contributed by atoms with Crippen LogP contribution in [0.4, 0.5) is 11.4 Å². The molecule has 0 bridgehead atoms. The highest BCUT2D eigenvalue weighted by atomic mass is 16.2. The number of aromatic nitrogens is 2. The molecule has 2 aromatic rings. The second-order valence-electron chi connectivity index (χ2n) is 7.08. The van der Waals surface area contributed by atoms with Gasteiger partial charge in [0.25, 0.3) is 5.56 Å². The number of hydrogen-bond acceptors (Lipinski definition) is 4. The van der Waals surface area contributed by atoms with Gasteiger partial charge in [-0.1, -0.05) is 25.0 Å². The fourth-order valence-corrected chi connectivity index (χ4v) is 3.46. The van der Waals surface area contributed by atoms with Gasteiger partial charge in [-0.15, -0.1) is 0 Å². The number of benzene rings is 1. The normalized spacial score (nSPS) is 14.9. The van der Waals surface area contributed by atoms with E-state index in [1.807, 2.05) is 24.3 Å². The summed E-state index contributed by atoms with van der Waals surface area (Å²) < 4.78 is 2.33. The van der Waals surface area contributed by atoms with Gasteiger partial charge in [-0.05, 0) is 31.1 Å². The first-order chi connectivity index (χ1) is 13.5. The number of carbonyl (C=O) groups is 1. The number of nitrogens with zero attached hydrogens (tertiary/aromatic N) is 3. The van der Waals surface area contributed by atoms with E-state index in [0.29, 0.717) is 0 Å². The molecule has 1 aromatic carbocycles. The summed E-state index contributed by atoms with van der Waals surface area (Å²) in [6.45, 7) is 1.97. The molecule has 1 aromatic heterocycles. The highest BCUT2D eigenvalue weighted by molar-refractivity contribution is 6.03. The second-order valence-corrected chi connectivity index (χ2v) is 7.08. The fraction of sp³-hybridized carbons (Fsp3) is 0.381. The summed E-state index contributed by atoms with van der Waals surface area (Å²) in [5.74, 6) is -0.321. The molecule has 2 heterocycles. The summed E-state index contributed by atoms with van der Waals surface area (Å²) in [7, 11) is 2.98. The Hall–Kier alpha value is -3.09. The molecule has 0 unspecified atom stereocenters. The largest absolute Gasteiger partial charge is 0.370 e. The monoisotopic (exact) mass is 382 g/mol. The van der Waals surface area contributed by atoms with Crippen molar-refractivity contribution in [2.75, 3.05) is 23.3 Å². The highest BCUT2D eigenvalue weighted by Crippen LogP contribution is 2.27. The van der Waals surface area contributed by atoms with Gasteiger partial charge in [0, 0.05) is 39.5 Å². The second kappa shape index (κ2) is 8.73. The summed E-state index contributed by atoms with van der Waals surface area (Å²) >= 11 is 0. The molecule has 1 N–H and O–H groups in total. The number of amides is 1. The maximum atomic E-state index is 12.4. The van der Waals surface area contributed by atoms with Crippen LogP contribution in [0, 0.1) is 0 Å². The molecule has 7 heteroatoms. The maximum absolute atomic E-state index is 12.4. The third-order valence-electron chi connectivity index (χ3n) is 5.00. The standard InChI is InChI=1S/C21H26N4O3/c1-23-15-16(20(27)24(2)21(23)28)11-12-19(26)22-17-9-5-6-10-18(17)25-13-7-3-4-8-14-25/h5-6,9-12,15H,3-4,7-8,13-14H2,1-2H3,(H,22,26)/b12-11+. The summed E-state index contributed by atoms with van der Waals surface area (Å²) in [5.41, 5.74) is 1.22. The molecule has 1 aliphatic heterocycles. The third kappa shape index (κ3) is 4.42. The Morgan fingerprint density at radius 3 is 2.43 bits per heavy atom. The van der Waals surface area contributed by atoms with Crippen molar-refractivity contribution in [1.82, 2.24) is 9.13 Å². The number of carbonyl (C=O) groups excluding carboxylic acids is 1. The molecule has 7 nitrogen and oxygen atoms in total. The van der Waals surface area contributed by atoms with E-state index in [1.165, 1.54) is 42.8 Å². The molecule has 148 valence electrons.